The van der Waals surface area contributed by atoms with E-state index in [1.807, 2.05) is 31.2 Å². The van der Waals surface area contributed by atoms with E-state index in [0.717, 1.165) is 36.3 Å². The van der Waals surface area contributed by atoms with Crippen LogP contribution in [0.5, 0.6) is 0 Å². The first kappa shape index (κ1) is 17.3. The van der Waals surface area contributed by atoms with Gasteiger partial charge in [-0.3, -0.25) is 9.59 Å². The molecule has 5 heteroatoms. The maximum atomic E-state index is 13.0. The molecule has 1 heterocycles. The van der Waals surface area contributed by atoms with Gasteiger partial charge in [-0.25, -0.2) is 0 Å². The van der Waals surface area contributed by atoms with Crippen molar-refractivity contribution in [1.29, 1.82) is 0 Å². The highest BCUT2D eigenvalue weighted by molar-refractivity contribution is 8.02. The molecule has 0 bridgehead atoms. The molecule has 1 N–H and O–H groups in total. The summed E-state index contributed by atoms with van der Waals surface area (Å²) in [5, 5.41) is 3.17. The van der Waals surface area contributed by atoms with Crippen LogP contribution < -0.4 is 10.2 Å². The first-order chi connectivity index (χ1) is 11.6. The summed E-state index contributed by atoms with van der Waals surface area (Å²) >= 11 is 1.39. The smallest absolute Gasteiger partial charge is 0.252 e. The molecule has 130 valence electrons. The Bertz CT molecular complexity index is 626. The summed E-state index contributed by atoms with van der Waals surface area (Å²) in [6.45, 7) is 4.29. The largest absolute Gasteiger partial charge is 0.352 e. The molecular formula is C19H26N2O2S. The van der Waals surface area contributed by atoms with Gasteiger partial charge in [0.1, 0.15) is 0 Å². The number of fused-ring (bicyclic) bond motifs is 1. The summed E-state index contributed by atoms with van der Waals surface area (Å²) in [4.78, 5) is 28.8. The van der Waals surface area contributed by atoms with E-state index in [2.05, 4.69) is 5.32 Å². The highest BCUT2D eigenvalue weighted by Crippen LogP contribution is 2.45. The molecule has 0 radical (unpaired) electrons. The lowest BCUT2D eigenvalue weighted by molar-refractivity contribution is -0.131. The Labute approximate surface area is 148 Å². The lowest BCUT2D eigenvalue weighted by atomic mass is 10.0. The maximum Gasteiger partial charge on any atom is 0.252 e. The van der Waals surface area contributed by atoms with Crippen molar-refractivity contribution in [2.24, 2.45) is 0 Å². The number of carbonyl (C=O) groups excluding carboxylic acids is 2. The number of hydrogen-bond acceptors (Lipinski definition) is 3. The van der Waals surface area contributed by atoms with E-state index >= 15 is 0 Å². The van der Waals surface area contributed by atoms with Gasteiger partial charge in [0.15, 0.2) is 4.75 Å². The molecule has 24 heavy (non-hydrogen) atoms. The normalized spacial score (nSPS) is 25.1. The quantitative estimate of drug-likeness (QED) is 0.670. The molecule has 1 saturated carbocycles. The number of thioether (sulfide) groups is 1. The van der Waals surface area contributed by atoms with Crippen molar-refractivity contribution in [3.8, 4) is 0 Å². The Hall–Kier alpha value is -1.49. The van der Waals surface area contributed by atoms with Gasteiger partial charge in [-0.15, -0.1) is 0 Å². The Morgan fingerprint density at radius 2 is 1.92 bits per heavy atom. The third-order valence-electron chi connectivity index (χ3n) is 5.06. The molecule has 3 rings (SSSR count). The topological polar surface area (TPSA) is 49.4 Å². The number of nitrogens with zero attached hydrogens (tertiary/aromatic N) is 1. The summed E-state index contributed by atoms with van der Waals surface area (Å²) in [5.41, 5.74) is 0.912. The highest BCUT2D eigenvalue weighted by atomic mass is 32.2. The number of carbonyl (C=O) groups is 2. The van der Waals surface area contributed by atoms with E-state index in [1.54, 1.807) is 11.8 Å². The fourth-order valence-electron chi connectivity index (χ4n) is 3.60. The van der Waals surface area contributed by atoms with Crippen molar-refractivity contribution < 1.29 is 9.59 Å². The number of amides is 2. The van der Waals surface area contributed by atoms with E-state index in [1.165, 1.54) is 24.6 Å². The van der Waals surface area contributed by atoms with Crippen LogP contribution in [0.15, 0.2) is 29.2 Å². The van der Waals surface area contributed by atoms with Crippen molar-refractivity contribution in [2.75, 3.05) is 11.4 Å². The predicted molar refractivity (Wildman–Crippen MR) is 98.4 cm³/mol. The van der Waals surface area contributed by atoms with Crippen molar-refractivity contribution in [1.82, 2.24) is 5.32 Å². The van der Waals surface area contributed by atoms with Gasteiger partial charge in [0.05, 0.1) is 5.69 Å². The Kier molecular flexibility index (Phi) is 5.18. The first-order valence-corrected chi connectivity index (χ1v) is 9.79. The van der Waals surface area contributed by atoms with Crippen LogP contribution in [0.25, 0.3) is 0 Å². The van der Waals surface area contributed by atoms with Crippen LogP contribution in [-0.2, 0) is 9.59 Å². The number of nitrogens with one attached hydrogen (secondary N) is 1. The van der Waals surface area contributed by atoms with Crippen LogP contribution >= 0.6 is 11.8 Å². The molecule has 2 aliphatic rings. The van der Waals surface area contributed by atoms with Gasteiger partial charge in [-0.1, -0.05) is 49.6 Å². The Balaban J connectivity index is 1.83. The van der Waals surface area contributed by atoms with E-state index in [9.17, 15) is 9.59 Å². The maximum absolute atomic E-state index is 13.0. The lowest BCUT2D eigenvalue weighted by Crippen LogP contribution is -2.57. The van der Waals surface area contributed by atoms with Gasteiger partial charge in [0.2, 0.25) is 5.91 Å². The van der Waals surface area contributed by atoms with Crippen LogP contribution in [0.2, 0.25) is 0 Å². The van der Waals surface area contributed by atoms with Crippen LogP contribution in [0.3, 0.4) is 0 Å². The molecule has 2 amide bonds. The van der Waals surface area contributed by atoms with Crippen molar-refractivity contribution >= 4 is 29.3 Å². The summed E-state index contributed by atoms with van der Waals surface area (Å²) in [7, 11) is 0. The van der Waals surface area contributed by atoms with Crippen molar-refractivity contribution in [3.05, 3.63) is 24.3 Å². The monoisotopic (exact) mass is 346 g/mol. The summed E-state index contributed by atoms with van der Waals surface area (Å²) < 4.78 is -1.09. The molecule has 1 fully saturated rings. The van der Waals surface area contributed by atoms with Crippen LogP contribution in [0.1, 0.15) is 52.4 Å². The average Bonchev–Trinajstić information content (AvgIpc) is 2.85. The number of anilines is 1. The molecule has 0 aromatic heterocycles. The molecule has 1 aromatic carbocycles. The third-order valence-corrected chi connectivity index (χ3v) is 6.40. The number of hydrogen-bond donors (Lipinski definition) is 1. The zero-order valence-electron chi connectivity index (χ0n) is 14.5. The molecule has 1 atom stereocenters. The molecule has 1 aliphatic carbocycles. The molecule has 0 spiro atoms. The zero-order valence-corrected chi connectivity index (χ0v) is 15.3. The zero-order chi connectivity index (χ0) is 17.2. The fraction of sp³-hybridized carbons (Fsp3) is 0.579. The number of rotatable bonds is 3. The first-order valence-electron chi connectivity index (χ1n) is 8.97. The minimum Gasteiger partial charge on any atom is -0.352 e. The van der Waals surface area contributed by atoms with Gasteiger partial charge < -0.3 is 10.2 Å². The molecule has 1 aromatic rings. The van der Waals surface area contributed by atoms with Gasteiger partial charge >= 0.3 is 0 Å². The van der Waals surface area contributed by atoms with Crippen molar-refractivity contribution in [3.63, 3.8) is 0 Å². The number of benzene rings is 1. The molecule has 0 saturated heterocycles. The third kappa shape index (κ3) is 3.18. The Morgan fingerprint density at radius 1 is 1.25 bits per heavy atom. The molecule has 4 nitrogen and oxygen atoms in total. The second kappa shape index (κ2) is 7.18. The van der Waals surface area contributed by atoms with Crippen LogP contribution in [0, 0.1) is 0 Å². The van der Waals surface area contributed by atoms with Crippen molar-refractivity contribution in [2.45, 2.75) is 68.1 Å². The SMILES string of the molecule is CCN1C(=O)C(C)(C(=O)NC2CCCCCC2)Sc2ccccc21. The average molecular weight is 346 g/mol. The summed E-state index contributed by atoms with van der Waals surface area (Å²) in [6.07, 6.45) is 6.85. The van der Waals surface area contributed by atoms with E-state index in [4.69, 9.17) is 0 Å². The number of para-hydroxylation sites is 1. The van der Waals surface area contributed by atoms with Crippen LogP contribution in [0.4, 0.5) is 5.69 Å². The summed E-state index contributed by atoms with van der Waals surface area (Å²) in [6, 6.07) is 8.04. The second-order valence-electron chi connectivity index (χ2n) is 6.81. The second-order valence-corrected chi connectivity index (χ2v) is 8.27. The van der Waals surface area contributed by atoms with Crippen LogP contribution in [-0.4, -0.2) is 29.1 Å². The van der Waals surface area contributed by atoms with Gasteiger partial charge in [0.25, 0.3) is 5.91 Å². The van der Waals surface area contributed by atoms with E-state index in [-0.39, 0.29) is 17.9 Å². The molecule has 1 unspecified atom stereocenters. The van der Waals surface area contributed by atoms with Gasteiger partial charge in [-0.05, 0) is 38.8 Å². The standard InChI is InChI=1S/C19H26N2O2S/c1-3-21-15-12-8-9-13-16(15)24-19(2,18(21)23)17(22)20-14-10-6-4-5-7-11-14/h8-9,12-14H,3-7,10-11H2,1-2H3,(H,20,22). The minimum atomic E-state index is -1.09. The Morgan fingerprint density at radius 3 is 2.58 bits per heavy atom. The predicted octanol–water partition coefficient (Wildman–Crippen LogP) is 3.74. The molecule has 1 aliphatic heterocycles. The van der Waals surface area contributed by atoms with Gasteiger partial charge in [-0.2, -0.15) is 0 Å². The van der Waals surface area contributed by atoms with E-state index in [0.29, 0.717) is 6.54 Å². The minimum absolute atomic E-state index is 0.111. The fourth-order valence-corrected chi connectivity index (χ4v) is 4.82. The lowest BCUT2D eigenvalue weighted by Gasteiger charge is -2.39. The summed E-state index contributed by atoms with van der Waals surface area (Å²) in [5.74, 6) is -0.253. The van der Waals surface area contributed by atoms with Gasteiger partial charge in [0, 0.05) is 17.5 Å². The highest BCUT2D eigenvalue weighted by Gasteiger charge is 2.49. The van der Waals surface area contributed by atoms with E-state index < -0.39 is 4.75 Å². The molecular weight excluding hydrogens is 320 g/mol.